The third-order valence-electron chi connectivity index (χ3n) is 1.93. The lowest BCUT2D eigenvalue weighted by molar-refractivity contribution is 0.108. The molecule has 13 heavy (non-hydrogen) atoms. The van der Waals surface area contributed by atoms with Gasteiger partial charge in [0.15, 0.2) is 0 Å². The largest absolute Gasteiger partial charge is 0.336 e. The molecule has 2 aromatic heterocycles. The van der Waals surface area contributed by atoms with Crippen LogP contribution in [-0.2, 0) is 7.05 Å². The van der Waals surface area contributed by atoms with E-state index in [9.17, 15) is 4.79 Å². The van der Waals surface area contributed by atoms with E-state index in [2.05, 4.69) is 4.98 Å². The fourth-order valence-electron chi connectivity index (χ4n) is 1.26. The van der Waals surface area contributed by atoms with Gasteiger partial charge in [0, 0.05) is 24.8 Å². The average molecular weight is 195 g/mol. The zero-order chi connectivity index (χ0) is 9.42. The molecule has 2 aromatic rings. The normalized spacial score (nSPS) is 10.6. The van der Waals surface area contributed by atoms with Gasteiger partial charge in [-0.05, 0) is 23.7 Å². The zero-order valence-electron chi connectivity index (χ0n) is 6.99. The van der Waals surface area contributed by atoms with Gasteiger partial charge in [-0.1, -0.05) is 0 Å². The summed E-state index contributed by atoms with van der Waals surface area (Å²) in [7, 11) is 1.90. The van der Waals surface area contributed by atoms with Crippen LogP contribution in [0.4, 0.5) is 0 Å². The molecule has 0 unspecified atom stereocenters. The van der Waals surface area contributed by atoms with Crippen LogP contribution in [0.2, 0.25) is 0 Å². The van der Waals surface area contributed by atoms with Crippen LogP contribution in [0.15, 0.2) is 24.5 Å². The van der Waals surface area contributed by atoms with Gasteiger partial charge in [-0.15, -0.1) is 0 Å². The first-order chi connectivity index (χ1) is 6.18. The highest BCUT2D eigenvalue weighted by molar-refractivity contribution is 6.67. The summed E-state index contributed by atoms with van der Waals surface area (Å²) in [6.07, 6.45) is 3.37. The SMILES string of the molecule is Cn1ccc2cc(C(=O)Cl)cnc21. The maximum atomic E-state index is 10.8. The molecule has 66 valence electrons. The molecule has 0 N–H and O–H groups in total. The quantitative estimate of drug-likeness (QED) is 0.651. The van der Waals surface area contributed by atoms with Gasteiger partial charge in [0.1, 0.15) is 5.65 Å². The Labute approximate surface area is 79.9 Å². The number of carbonyl (C=O) groups is 1. The first kappa shape index (κ1) is 8.26. The van der Waals surface area contributed by atoms with Crippen LogP contribution in [0.5, 0.6) is 0 Å². The maximum Gasteiger partial charge on any atom is 0.253 e. The van der Waals surface area contributed by atoms with E-state index in [1.807, 2.05) is 23.9 Å². The number of aromatic nitrogens is 2. The van der Waals surface area contributed by atoms with Crippen LogP contribution in [0.1, 0.15) is 10.4 Å². The van der Waals surface area contributed by atoms with Gasteiger partial charge in [-0.25, -0.2) is 4.98 Å². The Hall–Kier alpha value is -1.35. The first-order valence-corrected chi connectivity index (χ1v) is 4.17. The number of halogens is 1. The molecule has 0 aliphatic rings. The molecular weight excluding hydrogens is 188 g/mol. The summed E-state index contributed by atoms with van der Waals surface area (Å²) in [5.41, 5.74) is 1.28. The molecule has 2 rings (SSSR count). The molecule has 0 saturated carbocycles. The van der Waals surface area contributed by atoms with Gasteiger partial charge < -0.3 is 4.57 Å². The number of aryl methyl sites for hydroxylation is 1. The van der Waals surface area contributed by atoms with Gasteiger partial charge in [0.25, 0.3) is 5.24 Å². The van der Waals surface area contributed by atoms with Crippen LogP contribution < -0.4 is 0 Å². The molecule has 0 spiro atoms. The molecule has 0 saturated heterocycles. The number of fused-ring (bicyclic) bond motifs is 1. The number of hydrogen-bond donors (Lipinski definition) is 0. The highest BCUT2D eigenvalue weighted by Gasteiger charge is 2.05. The predicted molar refractivity (Wildman–Crippen MR) is 50.9 cm³/mol. The Kier molecular flexibility index (Phi) is 1.81. The second-order valence-electron chi connectivity index (χ2n) is 2.84. The molecule has 2 heterocycles. The minimum atomic E-state index is -0.474. The molecule has 4 heteroatoms. The molecule has 3 nitrogen and oxygen atoms in total. The van der Waals surface area contributed by atoms with Gasteiger partial charge >= 0.3 is 0 Å². The molecule has 0 aliphatic carbocycles. The monoisotopic (exact) mass is 194 g/mol. The Morgan fingerprint density at radius 3 is 3.08 bits per heavy atom. The van der Waals surface area contributed by atoms with Crippen molar-refractivity contribution in [3.05, 3.63) is 30.1 Å². The van der Waals surface area contributed by atoms with E-state index in [0.717, 1.165) is 11.0 Å². The number of carbonyl (C=O) groups excluding carboxylic acids is 1. The Balaban J connectivity index is 2.70. The summed E-state index contributed by atoms with van der Waals surface area (Å²) < 4.78 is 1.89. The van der Waals surface area contributed by atoms with Crippen molar-refractivity contribution < 1.29 is 4.79 Å². The molecule has 0 aliphatic heterocycles. The third kappa shape index (κ3) is 1.31. The Morgan fingerprint density at radius 2 is 2.38 bits per heavy atom. The van der Waals surface area contributed by atoms with Crippen LogP contribution in [0.3, 0.4) is 0 Å². The highest BCUT2D eigenvalue weighted by atomic mass is 35.5. The fourth-order valence-corrected chi connectivity index (χ4v) is 1.37. The molecule has 0 bridgehead atoms. The highest BCUT2D eigenvalue weighted by Crippen LogP contribution is 2.14. The topological polar surface area (TPSA) is 34.9 Å². The number of pyridine rings is 1. The van der Waals surface area contributed by atoms with Gasteiger partial charge in [0.05, 0.1) is 5.56 Å². The summed E-state index contributed by atoms with van der Waals surface area (Å²) in [4.78, 5) is 14.9. The van der Waals surface area contributed by atoms with Crippen molar-refractivity contribution in [2.24, 2.45) is 7.05 Å². The van der Waals surface area contributed by atoms with Crippen molar-refractivity contribution in [2.75, 3.05) is 0 Å². The molecule has 0 aromatic carbocycles. The van der Waals surface area contributed by atoms with Crippen molar-refractivity contribution in [1.82, 2.24) is 9.55 Å². The van der Waals surface area contributed by atoms with Gasteiger partial charge in [-0.3, -0.25) is 4.79 Å². The molecular formula is C9H7ClN2O. The van der Waals surface area contributed by atoms with Gasteiger partial charge in [0.2, 0.25) is 0 Å². The minimum Gasteiger partial charge on any atom is -0.336 e. The average Bonchev–Trinajstić information content (AvgIpc) is 2.47. The lowest BCUT2D eigenvalue weighted by Gasteiger charge is -1.95. The second-order valence-corrected chi connectivity index (χ2v) is 3.18. The molecule has 0 fully saturated rings. The summed E-state index contributed by atoms with van der Waals surface area (Å²) in [6, 6.07) is 3.63. The van der Waals surface area contributed by atoms with E-state index in [4.69, 9.17) is 11.6 Å². The van der Waals surface area contributed by atoms with Crippen molar-refractivity contribution >= 4 is 27.9 Å². The van der Waals surface area contributed by atoms with Crippen LogP contribution in [-0.4, -0.2) is 14.8 Å². The van der Waals surface area contributed by atoms with E-state index in [0.29, 0.717) is 5.56 Å². The van der Waals surface area contributed by atoms with Crippen molar-refractivity contribution in [2.45, 2.75) is 0 Å². The van der Waals surface area contributed by atoms with E-state index in [1.54, 1.807) is 6.07 Å². The number of hydrogen-bond acceptors (Lipinski definition) is 2. The lowest BCUT2D eigenvalue weighted by Crippen LogP contribution is -1.92. The molecule has 0 radical (unpaired) electrons. The van der Waals surface area contributed by atoms with Crippen molar-refractivity contribution in [3.63, 3.8) is 0 Å². The molecule has 0 amide bonds. The number of nitrogens with zero attached hydrogens (tertiary/aromatic N) is 2. The van der Waals surface area contributed by atoms with E-state index in [-0.39, 0.29) is 0 Å². The maximum absolute atomic E-state index is 10.8. The minimum absolute atomic E-state index is 0.431. The van der Waals surface area contributed by atoms with Crippen molar-refractivity contribution in [1.29, 1.82) is 0 Å². The zero-order valence-corrected chi connectivity index (χ0v) is 7.75. The summed E-state index contributed by atoms with van der Waals surface area (Å²) in [6.45, 7) is 0. The smallest absolute Gasteiger partial charge is 0.253 e. The fraction of sp³-hybridized carbons (Fsp3) is 0.111. The molecule has 0 atom stereocenters. The summed E-state index contributed by atoms with van der Waals surface area (Å²) >= 11 is 5.32. The summed E-state index contributed by atoms with van der Waals surface area (Å²) in [5.74, 6) is 0. The Morgan fingerprint density at radius 1 is 1.62 bits per heavy atom. The van der Waals surface area contributed by atoms with Crippen molar-refractivity contribution in [3.8, 4) is 0 Å². The van der Waals surface area contributed by atoms with Gasteiger partial charge in [-0.2, -0.15) is 0 Å². The summed E-state index contributed by atoms with van der Waals surface area (Å²) in [5, 5.41) is 0.451. The predicted octanol–water partition coefficient (Wildman–Crippen LogP) is 1.95. The van der Waals surface area contributed by atoms with E-state index < -0.39 is 5.24 Å². The van der Waals surface area contributed by atoms with Crippen LogP contribution in [0.25, 0.3) is 11.0 Å². The van der Waals surface area contributed by atoms with E-state index in [1.165, 1.54) is 6.20 Å². The Bertz CT molecular complexity index is 475. The first-order valence-electron chi connectivity index (χ1n) is 3.79. The lowest BCUT2D eigenvalue weighted by atomic mass is 10.2. The van der Waals surface area contributed by atoms with Crippen LogP contribution >= 0.6 is 11.6 Å². The second kappa shape index (κ2) is 2.85. The van der Waals surface area contributed by atoms with E-state index >= 15 is 0 Å². The standard InChI is InChI=1S/C9H7ClN2O/c1-12-3-2-6-4-7(8(10)13)5-11-9(6)12/h2-5H,1H3. The number of rotatable bonds is 1. The van der Waals surface area contributed by atoms with Crippen LogP contribution in [0, 0.1) is 0 Å². The third-order valence-corrected chi connectivity index (χ3v) is 2.15.